The van der Waals surface area contributed by atoms with E-state index in [9.17, 15) is 9.59 Å². The summed E-state index contributed by atoms with van der Waals surface area (Å²) in [7, 11) is 0. The number of carbonyl (C=O) groups is 2. The second-order valence-corrected chi connectivity index (χ2v) is 5.88. The first-order valence-electron chi connectivity index (χ1n) is 8.34. The van der Waals surface area contributed by atoms with Gasteiger partial charge in [0.15, 0.2) is 11.5 Å². The van der Waals surface area contributed by atoms with Gasteiger partial charge in [-0.3, -0.25) is 10.1 Å². The summed E-state index contributed by atoms with van der Waals surface area (Å²) in [5, 5.41) is 4.63. The molecule has 3 amide bonds. The van der Waals surface area contributed by atoms with Crippen LogP contribution in [0.1, 0.15) is 23.6 Å². The van der Waals surface area contributed by atoms with Crippen molar-refractivity contribution in [2.75, 3.05) is 6.61 Å². The Kier molecular flexibility index (Phi) is 5.22. The van der Waals surface area contributed by atoms with E-state index in [4.69, 9.17) is 9.47 Å². The molecule has 0 spiro atoms. The fourth-order valence-corrected chi connectivity index (χ4v) is 2.61. The highest BCUT2D eigenvalue weighted by atomic mass is 16.5. The molecule has 0 radical (unpaired) electrons. The molecule has 26 heavy (non-hydrogen) atoms. The summed E-state index contributed by atoms with van der Waals surface area (Å²) in [6, 6.07) is 13.0. The fourth-order valence-electron chi connectivity index (χ4n) is 2.61. The molecule has 0 aromatic heterocycles. The van der Waals surface area contributed by atoms with Gasteiger partial charge >= 0.3 is 6.03 Å². The first-order valence-corrected chi connectivity index (χ1v) is 8.34. The molecule has 1 fully saturated rings. The van der Waals surface area contributed by atoms with Gasteiger partial charge in [0.25, 0.3) is 5.91 Å². The van der Waals surface area contributed by atoms with Gasteiger partial charge in [0.05, 0.1) is 6.61 Å². The molecule has 0 bridgehead atoms. The molecular formula is C20H20N2O4. The highest BCUT2D eigenvalue weighted by Crippen LogP contribution is 2.30. The Hall–Kier alpha value is -3.28. The van der Waals surface area contributed by atoms with Gasteiger partial charge in [-0.2, -0.15) is 0 Å². The van der Waals surface area contributed by atoms with Crippen LogP contribution in [0.3, 0.4) is 0 Å². The average molecular weight is 352 g/mol. The van der Waals surface area contributed by atoms with Gasteiger partial charge in [-0.25, -0.2) is 4.79 Å². The minimum Gasteiger partial charge on any atom is -0.490 e. The maximum absolute atomic E-state index is 11.6. The Morgan fingerprint density at radius 2 is 1.85 bits per heavy atom. The minimum atomic E-state index is -0.524. The van der Waals surface area contributed by atoms with Crippen LogP contribution in [0.5, 0.6) is 11.5 Å². The van der Waals surface area contributed by atoms with Crippen LogP contribution in [-0.4, -0.2) is 18.5 Å². The fraction of sp³-hybridized carbons (Fsp3) is 0.200. The highest BCUT2D eigenvalue weighted by molar-refractivity contribution is 6.14. The maximum atomic E-state index is 11.6. The number of rotatable bonds is 6. The Balaban J connectivity index is 1.79. The number of aryl methyl sites for hydroxylation is 1. The molecule has 0 unspecified atom stereocenters. The van der Waals surface area contributed by atoms with Gasteiger partial charge in [-0.15, -0.1) is 0 Å². The SMILES string of the molecule is CCOc1cc(/C=C2\NC(=O)NC2=O)ccc1OCc1cccc(C)c1. The maximum Gasteiger partial charge on any atom is 0.326 e. The lowest BCUT2D eigenvalue weighted by molar-refractivity contribution is -0.115. The van der Waals surface area contributed by atoms with Crippen LogP contribution < -0.4 is 20.1 Å². The van der Waals surface area contributed by atoms with Crippen molar-refractivity contribution in [2.24, 2.45) is 0 Å². The highest BCUT2D eigenvalue weighted by Gasteiger charge is 2.22. The Bertz CT molecular complexity index is 874. The number of carbonyl (C=O) groups excluding carboxylic acids is 2. The molecule has 6 heteroatoms. The Labute approximate surface area is 151 Å². The lowest BCUT2D eigenvalue weighted by atomic mass is 10.1. The van der Waals surface area contributed by atoms with Crippen LogP contribution in [0.2, 0.25) is 0 Å². The van der Waals surface area contributed by atoms with Crippen LogP contribution in [0.4, 0.5) is 4.79 Å². The van der Waals surface area contributed by atoms with Crippen molar-refractivity contribution in [3.8, 4) is 11.5 Å². The molecular weight excluding hydrogens is 332 g/mol. The molecule has 6 nitrogen and oxygen atoms in total. The van der Waals surface area contributed by atoms with Crippen LogP contribution in [0.25, 0.3) is 6.08 Å². The second kappa shape index (κ2) is 7.74. The van der Waals surface area contributed by atoms with Crippen LogP contribution >= 0.6 is 0 Å². The van der Waals surface area contributed by atoms with Crippen molar-refractivity contribution in [2.45, 2.75) is 20.5 Å². The number of nitrogens with one attached hydrogen (secondary N) is 2. The van der Waals surface area contributed by atoms with Crippen molar-refractivity contribution in [1.29, 1.82) is 0 Å². The molecule has 0 atom stereocenters. The van der Waals surface area contributed by atoms with E-state index >= 15 is 0 Å². The third kappa shape index (κ3) is 4.22. The number of hydrogen-bond donors (Lipinski definition) is 2. The van der Waals surface area contributed by atoms with Gasteiger partial charge in [-0.05, 0) is 43.2 Å². The van der Waals surface area contributed by atoms with Gasteiger partial charge in [0.2, 0.25) is 0 Å². The number of imide groups is 1. The third-order valence-electron chi connectivity index (χ3n) is 3.78. The quantitative estimate of drug-likeness (QED) is 0.618. The minimum absolute atomic E-state index is 0.200. The van der Waals surface area contributed by atoms with Crippen molar-refractivity contribution >= 4 is 18.0 Å². The van der Waals surface area contributed by atoms with E-state index in [0.29, 0.717) is 24.7 Å². The van der Waals surface area contributed by atoms with Crippen molar-refractivity contribution in [1.82, 2.24) is 10.6 Å². The molecule has 2 N–H and O–H groups in total. The zero-order valence-corrected chi connectivity index (χ0v) is 14.7. The van der Waals surface area contributed by atoms with E-state index in [1.54, 1.807) is 24.3 Å². The molecule has 1 aliphatic heterocycles. The number of urea groups is 1. The molecule has 134 valence electrons. The zero-order chi connectivity index (χ0) is 18.5. The molecule has 1 aliphatic rings. The van der Waals surface area contributed by atoms with Crippen LogP contribution in [0.15, 0.2) is 48.2 Å². The number of hydrogen-bond acceptors (Lipinski definition) is 4. The first kappa shape index (κ1) is 17.5. The zero-order valence-electron chi connectivity index (χ0n) is 14.7. The van der Waals surface area contributed by atoms with E-state index in [2.05, 4.69) is 16.7 Å². The predicted octanol–water partition coefficient (Wildman–Crippen LogP) is 3.15. The van der Waals surface area contributed by atoms with E-state index in [1.165, 1.54) is 5.56 Å². The molecule has 0 aliphatic carbocycles. The third-order valence-corrected chi connectivity index (χ3v) is 3.78. The van der Waals surface area contributed by atoms with E-state index < -0.39 is 11.9 Å². The Morgan fingerprint density at radius 3 is 2.54 bits per heavy atom. The topological polar surface area (TPSA) is 76.7 Å². The van der Waals surface area contributed by atoms with Crippen molar-refractivity contribution in [3.05, 3.63) is 64.9 Å². The molecule has 2 aromatic rings. The lowest BCUT2D eigenvalue weighted by Crippen LogP contribution is -2.22. The van der Waals surface area contributed by atoms with Crippen LogP contribution in [0, 0.1) is 6.92 Å². The number of amides is 3. The summed E-state index contributed by atoms with van der Waals surface area (Å²) >= 11 is 0. The van der Waals surface area contributed by atoms with E-state index in [1.807, 2.05) is 32.0 Å². The largest absolute Gasteiger partial charge is 0.490 e. The molecule has 2 aromatic carbocycles. The molecule has 1 heterocycles. The van der Waals surface area contributed by atoms with E-state index in [0.717, 1.165) is 11.1 Å². The summed E-state index contributed by atoms with van der Waals surface area (Å²) in [5.74, 6) is 0.752. The van der Waals surface area contributed by atoms with E-state index in [-0.39, 0.29) is 5.70 Å². The second-order valence-electron chi connectivity index (χ2n) is 5.88. The first-order chi connectivity index (χ1) is 12.5. The van der Waals surface area contributed by atoms with Gasteiger partial charge in [0, 0.05) is 0 Å². The summed E-state index contributed by atoms with van der Waals surface area (Å²) in [6.45, 7) is 4.84. The van der Waals surface area contributed by atoms with Crippen LogP contribution in [-0.2, 0) is 11.4 Å². The lowest BCUT2D eigenvalue weighted by Gasteiger charge is -2.13. The Morgan fingerprint density at radius 1 is 1.00 bits per heavy atom. The number of benzene rings is 2. The van der Waals surface area contributed by atoms with Gasteiger partial charge in [-0.1, -0.05) is 35.9 Å². The van der Waals surface area contributed by atoms with Crippen molar-refractivity contribution in [3.63, 3.8) is 0 Å². The van der Waals surface area contributed by atoms with Crippen molar-refractivity contribution < 1.29 is 19.1 Å². The summed E-state index contributed by atoms with van der Waals surface area (Å²) < 4.78 is 11.6. The average Bonchev–Trinajstić information content (AvgIpc) is 2.92. The molecule has 3 rings (SSSR count). The number of ether oxygens (including phenoxy) is 2. The monoisotopic (exact) mass is 352 g/mol. The standard InChI is InChI=1S/C20H20N2O4/c1-3-25-18-11-14(10-16-19(23)22-20(24)21-16)7-8-17(18)26-12-15-6-4-5-13(2)9-15/h4-11H,3,12H2,1-2H3,(H2,21,22,23,24)/b16-10-. The van der Waals surface area contributed by atoms with Gasteiger partial charge in [0.1, 0.15) is 12.3 Å². The molecule has 1 saturated heterocycles. The normalized spacial score (nSPS) is 14.9. The summed E-state index contributed by atoms with van der Waals surface area (Å²) in [6.07, 6.45) is 1.59. The van der Waals surface area contributed by atoms with Gasteiger partial charge < -0.3 is 14.8 Å². The predicted molar refractivity (Wildman–Crippen MR) is 97.8 cm³/mol. The smallest absolute Gasteiger partial charge is 0.326 e. The molecule has 0 saturated carbocycles. The summed E-state index contributed by atoms with van der Waals surface area (Å²) in [5.41, 5.74) is 3.17. The summed E-state index contributed by atoms with van der Waals surface area (Å²) in [4.78, 5) is 22.8.